The molecule has 0 bridgehead atoms. The van der Waals surface area contributed by atoms with Crippen molar-refractivity contribution in [2.24, 2.45) is 5.73 Å². The zero-order valence-electron chi connectivity index (χ0n) is 12.3. The minimum absolute atomic E-state index is 0.442. The molecule has 1 aromatic carbocycles. The van der Waals surface area contributed by atoms with Crippen molar-refractivity contribution in [1.29, 1.82) is 0 Å². The second-order valence-electron chi connectivity index (χ2n) is 5.11. The normalized spacial score (nSPS) is 10.9. The Bertz CT molecular complexity index is 540. The van der Waals surface area contributed by atoms with Gasteiger partial charge in [-0.15, -0.1) is 0 Å². The minimum Gasteiger partial charge on any atom is -0.477 e. The molecule has 0 spiro atoms. The first-order chi connectivity index (χ1) is 9.85. The van der Waals surface area contributed by atoms with E-state index in [-0.39, 0.29) is 0 Å². The van der Waals surface area contributed by atoms with Gasteiger partial charge in [-0.3, -0.25) is 0 Å². The van der Waals surface area contributed by atoms with E-state index in [1.807, 2.05) is 18.2 Å². The molecule has 2 rings (SSSR count). The van der Waals surface area contributed by atoms with Crippen molar-refractivity contribution in [2.45, 2.75) is 45.6 Å². The smallest absolute Gasteiger partial charge is 0.221 e. The van der Waals surface area contributed by atoms with Crippen LogP contribution in [0.1, 0.15) is 44.7 Å². The van der Waals surface area contributed by atoms with Gasteiger partial charge in [-0.2, -0.15) is 0 Å². The van der Waals surface area contributed by atoms with Crippen LogP contribution >= 0.6 is 0 Å². The highest BCUT2D eigenvalue weighted by Crippen LogP contribution is 2.24. The SMILES string of the molecule is CCCCCCCOc1nc(CN)cc2ccccc12. The summed E-state index contributed by atoms with van der Waals surface area (Å²) in [6, 6.07) is 10.2. The van der Waals surface area contributed by atoms with Crippen LogP contribution in [0.5, 0.6) is 5.88 Å². The number of rotatable bonds is 8. The molecule has 3 heteroatoms. The van der Waals surface area contributed by atoms with Gasteiger partial charge in [-0.25, -0.2) is 4.98 Å². The van der Waals surface area contributed by atoms with Crippen LogP contribution in [-0.2, 0) is 6.54 Å². The summed E-state index contributed by atoms with van der Waals surface area (Å²) in [6.07, 6.45) is 6.18. The Morgan fingerprint density at radius 1 is 1.10 bits per heavy atom. The van der Waals surface area contributed by atoms with E-state index in [0.717, 1.165) is 35.4 Å². The number of pyridine rings is 1. The zero-order valence-corrected chi connectivity index (χ0v) is 12.3. The maximum atomic E-state index is 5.88. The second-order valence-corrected chi connectivity index (χ2v) is 5.11. The van der Waals surface area contributed by atoms with Crippen molar-refractivity contribution in [2.75, 3.05) is 6.61 Å². The number of fused-ring (bicyclic) bond motifs is 1. The summed E-state index contributed by atoms with van der Waals surface area (Å²) in [7, 11) is 0. The highest BCUT2D eigenvalue weighted by molar-refractivity contribution is 5.87. The first kappa shape index (κ1) is 14.8. The molecule has 0 aliphatic heterocycles. The van der Waals surface area contributed by atoms with E-state index in [2.05, 4.69) is 24.0 Å². The quantitative estimate of drug-likeness (QED) is 0.738. The van der Waals surface area contributed by atoms with Gasteiger partial charge in [0.1, 0.15) is 0 Å². The first-order valence-electron chi connectivity index (χ1n) is 7.56. The summed E-state index contributed by atoms with van der Waals surface area (Å²) in [5.74, 6) is 0.721. The van der Waals surface area contributed by atoms with E-state index in [1.54, 1.807) is 0 Å². The van der Waals surface area contributed by atoms with Gasteiger partial charge in [0.05, 0.1) is 12.3 Å². The standard InChI is InChI=1S/C17H24N2O/c1-2-3-4-5-8-11-20-17-16-10-7-6-9-14(16)12-15(13-18)19-17/h6-7,9-10,12H,2-5,8,11,13,18H2,1H3. The molecule has 0 unspecified atom stereocenters. The molecule has 20 heavy (non-hydrogen) atoms. The van der Waals surface area contributed by atoms with Crippen LogP contribution in [0.3, 0.4) is 0 Å². The average molecular weight is 272 g/mol. The van der Waals surface area contributed by atoms with Crippen LogP contribution in [0, 0.1) is 0 Å². The molecule has 0 saturated heterocycles. The van der Waals surface area contributed by atoms with Crippen LogP contribution < -0.4 is 10.5 Å². The summed E-state index contributed by atoms with van der Waals surface area (Å²) in [5, 5.41) is 2.21. The van der Waals surface area contributed by atoms with Crippen molar-refractivity contribution in [1.82, 2.24) is 4.98 Å². The topological polar surface area (TPSA) is 48.1 Å². The summed E-state index contributed by atoms with van der Waals surface area (Å²) in [5.41, 5.74) is 6.58. The molecule has 1 aromatic heterocycles. The van der Waals surface area contributed by atoms with E-state index in [9.17, 15) is 0 Å². The molecular weight excluding hydrogens is 248 g/mol. The molecule has 0 amide bonds. The van der Waals surface area contributed by atoms with Crippen LogP contribution in [0.25, 0.3) is 10.8 Å². The summed E-state index contributed by atoms with van der Waals surface area (Å²) in [4.78, 5) is 4.51. The average Bonchev–Trinajstić information content (AvgIpc) is 2.50. The lowest BCUT2D eigenvalue weighted by atomic mass is 10.1. The monoisotopic (exact) mass is 272 g/mol. The van der Waals surface area contributed by atoms with Gasteiger partial charge in [0, 0.05) is 11.9 Å². The number of hydrogen-bond acceptors (Lipinski definition) is 3. The molecule has 3 nitrogen and oxygen atoms in total. The Labute approximate surface area is 121 Å². The lowest BCUT2D eigenvalue weighted by Gasteiger charge is -2.10. The third-order valence-corrected chi connectivity index (χ3v) is 3.45. The fourth-order valence-corrected chi connectivity index (χ4v) is 2.31. The molecule has 0 fully saturated rings. The molecular formula is C17H24N2O. The van der Waals surface area contributed by atoms with Gasteiger partial charge in [0.2, 0.25) is 5.88 Å². The first-order valence-corrected chi connectivity index (χ1v) is 7.56. The Morgan fingerprint density at radius 2 is 1.90 bits per heavy atom. The number of ether oxygens (including phenoxy) is 1. The second kappa shape index (κ2) is 7.85. The van der Waals surface area contributed by atoms with Crippen molar-refractivity contribution < 1.29 is 4.74 Å². The molecule has 0 radical (unpaired) electrons. The van der Waals surface area contributed by atoms with Gasteiger partial charge in [-0.05, 0) is 23.9 Å². The Hall–Kier alpha value is -1.61. The molecule has 1 heterocycles. The van der Waals surface area contributed by atoms with Gasteiger partial charge < -0.3 is 10.5 Å². The Kier molecular flexibility index (Phi) is 5.81. The summed E-state index contributed by atoms with van der Waals surface area (Å²) < 4.78 is 5.88. The Balaban J connectivity index is 2.01. The van der Waals surface area contributed by atoms with Crippen LogP contribution in [0.15, 0.2) is 30.3 Å². The van der Waals surface area contributed by atoms with Gasteiger partial charge in [0.25, 0.3) is 0 Å². The van der Waals surface area contributed by atoms with Crippen molar-refractivity contribution >= 4 is 10.8 Å². The Morgan fingerprint density at radius 3 is 2.70 bits per heavy atom. The van der Waals surface area contributed by atoms with E-state index in [0.29, 0.717) is 6.54 Å². The van der Waals surface area contributed by atoms with Gasteiger partial charge >= 0.3 is 0 Å². The number of nitrogens with two attached hydrogens (primary N) is 1. The summed E-state index contributed by atoms with van der Waals surface area (Å²) >= 11 is 0. The third kappa shape index (κ3) is 3.94. The van der Waals surface area contributed by atoms with Crippen molar-refractivity contribution in [3.8, 4) is 5.88 Å². The van der Waals surface area contributed by atoms with Gasteiger partial charge in [0.15, 0.2) is 0 Å². The fraction of sp³-hybridized carbons (Fsp3) is 0.471. The molecule has 0 aliphatic carbocycles. The largest absolute Gasteiger partial charge is 0.477 e. The number of aromatic nitrogens is 1. The maximum absolute atomic E-state index is 5.88. The highest BCUT2D eigenvalue weighted by Gasteiger charge is 2.06. The molecule has 108 valence electrons. The fourth-order valence-electron chi connectivity index (χ4n) is 2.31. The minimum atomic E-state index is 0.442. The third-order valence-electron chi connectivity index (χ3n) is 3.45. The van der Waals surface area contributed by atoms with E-state index in [1.165, 1.54) is 25.7 Å². The predicted molar refractivity (Wildman–Crippen MR) is 83.9 cm³/mol. The molecule has 0 atom stereocenters. The van der Waals surface area contributed by atoms with E-state index < -0.39 is 0 Å². The van der Waals surface area contributed by atoms with Crippen LogP contribution in [0.4, 0.5) is 0 Å². The predicted octanol–water partition coefficient (Wildman–Crippen LogP) is 4.04. The number of benzene rings is 1. The van der Waals surface area contributed by atoms with Crippen molar-refractivity contribution in [3.63, 3.8) is 0 Å². The molecule has 2 N–H and O–H groups in total. The zero-order chi connectivity index (χ0) is 14.2. The maximum Gasteiger partial charge on any atom is 0.221 e. The lowest BCUT2D eigenvalue weighted by Crippen LogP contribution is -2.04. The highest BCUT2D eigenvalue weighted by atomic mass is 16.5. The van der Waals surface area contributed by atoms with Gasteiger partial charge in [-0.1, -0.05) is 50.8 Å². The molecule has 2 aromatic rings. The number of hydrogen-bond donors (Lipinski definition) is 1. The van der Waals surface area contributed by atoms with E-state index in [4.69, 9.17) is 10.5 Å². The molecule has 0 aliphatic rings. The van der Waals surface area contributed by atoms with Crippen molar-refractivity contribution in [3.05, 3.63) is 36.0 Å². The number of unbranched alkanes of at least 4 members (excludes halogenated alkanes) is 4. The lowest BCUT2D eigenvalue weighted by molar-refractivity contribution is 0.296. The molecule has 0 saturated carbocycles. The van der Waals surface area contributed by atoms with E-state index >= 15 is 0 Å². The van der Waals surface area contributed by atoms with Crippen LogP contribution in [-0.4, -0.2) is 11.6 Å². The van der Waals surface area contributed by atoms with Crippen LogP contribution in [0.2, 0.25) is 0 Å². The summed E-state index contributed by atoms with van der Waals surface area (Å²) in [6.45, 7) is 3.40. The number of nitrogens with zero attached hydrogens (tertiary/aromatic N) is 1.